The van der Waals surface area contributed by atoms with Crippen molar-refractivity contribution in [1.29, 1.82) is 0 Å². The summed E-state index contributed by atoms with van der Waals surface area (Å²) >= 11 is 0. The molecule has 1 fully saturated rings. The molecular formula is C43H45F3N6O5. The van der Waals surface area contributed by atoms with Crippen LogP contribution in [0.1, 0.15) is 88.7 Å². The van der Waals surface area contributed by atoms with Gasteiger partial charge in [-0.2, -0.15) is 18.3 Å². The largest absolute Gasteiger partial charge is 0.494 e. The van der Waals surface area contributed by atoms with Crippen LogP contribution in [0.4, 0.5) is 18.9 Å². The van der Waals surface area contributed by atoms with Crippen LogP contribution in [0.5, 0.6) is 17.2 Å². The maximum Gasteiger partial charge on any atom is 0.433 e. The topological polar surface area (TPSA) is 128 Å². The van der Waals surface area contributed by atoms with Crippen molar-refractivity contribution in [2.45, 2.75) is 70.0 Å². The van der Waals surface area contributed by atoms with Crippen molar-refractivity contribution in [3.05, 3.63) is 107 Å². The van der Waals surface area contributed by atoms with Crippen molar-refractivity contribution in [3.63, 3.8) is 0 Å². The number of carbonyl (C=O) groups excluding carboxylic acids is 3. The fraction of sp³-hybridized carbons (Fsp3) is 0.372. The summed E-state index contributed by atoms with van der Waals surface area (Å²) in [7, 11) is 3.64. The molecule has 1 aliphatic heterocycles. The highest BCUT2D eigenvalue weighted by Gasteiger charge is 2.33. The Hall–Kier alpha value is -5.76. The summed E-state index contributed by atoms with van der Waals surface area (Å²) in [5.74, 6) is 0.596. The Morgan fingerprint density at radius 2 is 1.72 bits per heavy atom. The number of ether oxygens (including phenoxy) is 2. The summed E-state index contributed by atoms with van der Waals surface area (Å²) < 4.78 is 53.2. The fourth-order valence-electron chi connectivity index (χ4n) is 7.83. The molecular weight excluding hydrogens is 738 g/mol. The number of alkyl halides is 3. The van der Waals surface area contributed by atoms with Gasteiger partial charge in [-0.25, -0.2) is 4.98 Å². The Bertz CT molecular complexity index is 2270. The molecule has 298 valence electrons. The molecule has 0 radical (unpaired) electrons. The zero-order chi connectivity index (χ0) is 40.1. The quantitative estimate of drug-likeness (QED) is 0.0850. The number of para-hydroxylation sites is 1. The van der Waals surface area contributed by atoms with Crippen LogP contribution in [0.15, 0.2) is 79.0 Å². The number of halogens is 3. The molecule has 0 bridgehead atoms. The number of hydrogen-bond acceptors (Lipinski definition) is 8. The molecule has 2 aliphatic rings. The minimum atomic E-state index is -4.66. The Labute approximate surface area is 328 Å². The van der Waals surface area contributed by atoms with Crippen molar-refractivity contribution < 1.29 is 37.0 Å². The summed E-state index contributed by atoms with van der Waals surface area (Å²) in [6.07, 6.45) is 5.60. The number of nitrogens with one attached hydrogen (secondary N) is 2. The molecule has 0 spiro atoms. The Balaban J connectivity index is 0.862. The van der Waals surface area contributed by atoms with Crippen molar-refractivity contribution in [2.75, 3.05) is 32.6 Å². The van der Waals surface area contributed by atoms with Crippen LogP contribution in [0.25, 0.3) is 10.9 Å². The van der Waals surface area contributed by atoms with Crippen LogP contribution in [0.3, 0.4) is 0 Å². The Morgan fingerprint density at radius 3 is 2.51 bits per heavy atom. The highest BCUT2D eigenvalue weighted by atomic mass is 19.4. The fourth-order valence-corrected chi connectivity index (χ4v) is 7.83. The zero-order valence-corrected chi connectivity index (χ0v) is 31.9. The van der Waals surface area contributed by atoms with Gasteiger partial charge in [0.1, 0.15) is 28.6 Å². The molecule has 2 aromatic heterocycles. The number of amides is 3. The number of aromatic nitrogens is 3. The Morgan fingerprint density at radius 1 is 0.947 bits per heavy atom. The number of fused-ring (bicyclic) bond motifs is 2. The van der Waals surface area contributed by atoms with E-state index in [9.17, 15) is 27.6 Å². The molecule has 3 amide bonds. The standard InChI is InChI=1S/C43H45F3N6O5/c1-51(21-7-3-4-10-28-11-5-6-14-35(28)57-36-15-8-12-29-23-39(53)49-42(55)40(29)36)25-27-17-19-31(20-18-27)52-26-30-22-34(37(56-2)24-33(30)50-52)48-41(54)32-13-9-16-38(47-32)43(44,45)46/h5-6,8-9,11-16,22,24,26-27,31H,3-4,7,10,17-21,23,25H2,1-2H3,(H,48,54)(H,49,53,55). The summed E-state index contributed by atoms with van der Waals surface area (Å²) in [5.41, 5.74) is 1.69. The van der Waals surface area contributed by atoms with Gasteiger partial charge in [-0.15, -0.1) is 0 Å². The van der Waals surface area contributed by atoms with Gasteiger partial charge in [0.15, 0.2) is 0 Å². The normalized spacial score (nSPS) is 17.0. The van der Waals surface area contributed by atoms with E-state index in [0.717, 1.165) is 93.3 Å². The van der Waals surface area contributed by atoms with Gasteiger partial charge in [-0.05, 0) is 106 Å². The first-order valence-corrected chi connectivity index (χ1v) is 19.3. The molecule has 14 heteroatoms. The van der Waals surface area contributed by atoms with Crippen LogP contribution < -0.4 is 20.1 Å². The second-order valence-corrected chi connectivity index (χ2v) is 14.9. The van der Waals surface area contributed by atoms with E-state index in [4.69, 9.17) is 14.6 Å². The van der Waals surface area contributed by atoms with Crippen LogP contribution in [0, 0.1) is 5.92 Å². The maximum atomic E-state index is 13.2. The van der Waals surface area contributed by atoms with Gasteiger partial charge in [0.05, 0.1) is 36.3 Å². The van der Waals surface area contributed by atoms with Gasteiger partial charge in [0.25, 0.3) is 11.8 Å². The number of hydrogen-bond donors (Lipinski definition) is 2. The zero-order valence-electron chi connectivity index (χ0n) is 31.9. The monoisotopic (exact) mass is 782 g/mol. The molecule has 2 N–H and O–H groups in total. The van der Waals surface area contributed by atoms with Crippen LogP contribution in [-0.2, 0) is 23.8 Å². The van der Waals surface area contributed by atoms with E-state index in [2.05, 4.69) is 33.6 Å². The van der Waals surface area contributed by atoms with Gasteiger partial charge in [-0.1, -0.05) is 42.8 Å². The average molecular weight is 783 g/mol. The van der Waals surface area contributed by atoms with Crippen molar-refractivity contribution >= 4 is 34.3 Å². The molecule has 11 nitrogen and oxygen atoms in total. The molecule has 1 aliphatic carbocycles. The smallest absolute Gasteiger partial charge is 0.433 e. The van der Waals surface area contributed by atoms with E-state index in [1.54, 1.807) is 24.3 Å². The highest BCUT2D eigenvalue weighted by molar-refractivity contribution is 6.11. The number of pyridine rings is 1. The minimum Gasteiger partial charge on any atom is -0.494 e. The lowest BCUT2D eigenvalue weighted by atomic mass is 9.86. The van der Waals surface area contributed by atoms with Crippen LogP contribution >= 0.6 is 0 Å². The first kappa shape index (κ1) is 39.5. The highest BCUT2D eigenvalue weighted by Crippen LogP contribution is 2.36. The van der Waals surface area contributed by atoms with E-state index in [1.807, 2.05) is 35.1 Å². The number of unbranched alkanes of at least 4 members (excludes halogenated alkanes) is 2. The summed E-state index contributed by atoms with van der Waals surface area (Å²) in [4.78, 5) is 43.2. The number of carbonyl (C=O) groups is 3. The van der Waals surface area contributed by atoms with Gasteiger partial charge in [-0.3, -0.25) is 24.4 Å². The number of benzene rings is 3. The third kappa shape index (κ3) is 9.45. The van der Waals surface area contributed by atoms with E-state index in [-0.39, 0.29) is 24.1 Å². The lowest BCUT2D eigenvalue weighted by molar-refractivity contribution is -0.141. The van der Waals surface area contributed by atoms with Crippen LogP contribution in [0.2, 0.25) is 0 Å². The minimum absolute atomic E-state index is 0.154. The average Bonchev–Trinajstić information content (AvgIpc) is 3.61. The molecule has 3 aromatic carbocycles. The lowest BCUT2D eigenvalue weighted by Crippen LogP contribution is -2.37. The lowest BCUT2D eigenvalue weighted by Gasteiger charge is -2.31. The third-order valence-corrected chi connectivity index (χ3v) is 10.7. The second-order valence-electron chi connectivity index (χ2n) is 14.9. The molecule has 1 saturated carbocycles. The van der Waals surface area contributed by atoms with Crippen molar-refractivity contribution in [2.24, 2.45) is 5.92 Å². The van der Waals surface area contributed by atoms with E-state index in [0.29, 0.717) is 39.7 Å². The molecule has 57 heavy (non-hydrogen) atoms. The van der Waals surface area contributed by atoms with E-state index < -0.39 is 23.7 Å². The predicted molar refractivity (Wildman–Crippen MR) is 209 cm³/mol. The van der Waals surface area contributed by atoms with Crippen LogP contribution in [-0.4, -0.2) is 64.6 Å². The molecule has 0 saturated heterocycles. The summed E-state index contributed by atoms with van der Waals surface area (Å²) in [6.45, 7) is 2.04. The van der Waals surface area contributed by atoms with E-state index in [1.165, 1.54) is 13.2 Å². The molecule has 3 heterocycles. The molecule has 7 rings (SSSR count). The van der Waals surface area contributed by atoms with E-state index >= 15 is 0 Å². The molecule has 0 unspecified atom stereocenters. The molecule has 0 atom stereocenters. The number of nitrogens with zero attached hydrogens (tertiary/aromatic N) is 4. The first-order chi connectivity index (χ1) is 27.4. The predicted octanol–water partition coefficient (Wildman–Crippen LogP) is 8.39. The van der Waals surface area contributed by atoms with Gasteiger partial charge >= 0.3 is 6.18 Å². The van der Waals surface area contributed by atoms with Crippen molar-refractivity contribution in [1.82, 2.24) is 25.0 Å². The van der Waals surface area contributed by atoms with Crippen molar-refractivity contribution in [3.8, 4) is 17.2 Å². The number of imide groups is 1. The summed E-state index contributed by atoms with van der Waals surface area (Å²) in [6, 6.07) is 20.1. The summed E-state index contributed by atoms with van der Waals surface area (Å²) in [5, 5.41) is 10.6. The van der Waals surface area contributed by atoms with Gasteiger partial charge in [0.2, 0.25) is 5.91 Å². The first-order valence-electron chi connectivity index (χ1n) is 19.3. The third-order valence-electron chi connectivity index (χ3n) is 10.7. The second kappa shape index (κ2) is 17.2. The number of rotatable bonds is 14. The molecule has 5 aromatic rings. The SMILES string of the molecule is COc1cc2nn(C3CCC(CN(C)CCCCCc4ccccc4Oc4cccc5c4C(=O)NC(=O)C5)CC3)cc2cc1NC(=O)c1cccc(C(F)(F)F)n1. The van der Waals surface area contributed by atoms with Gasteiger partial charge in [0, 0.05) is 24.2 Å². The number of aryl methyl sites for hydroxylation is 1. The number of methoxy groups -OCH3 is 1. The number of anilines is 1. The van der Waals surface area contributed by atoms with Gasteiger partial charge < -0.3 is 19.7 Å². The Kier molecular flexibility index (Phi) is 11.9. The maximum absolute atomic E-state index is 13.2.